The minimum absolute atomic E-state index is 0.155. The smallest absolute Gasteiger partial charge is 0.267 e. The number of likely N-dealkylation sites (N-methyl/N-ethyl adjacent to an activating group) is 1. The van der Waals surface area contributed by atoms with Crippen molar-refractivity contribution in [2.45, 2.75) is 13.0 Å². The van der Waals surface area contributed by atoms with Crippen LogP contribution in [0.4, 0.5) is 11.4 Å². The van der Waals surface area contributed by atoms with E-state index in [1.165, 1.54) is 26.2 Å². The highest BCUT2D eigenvalue weighted by molar-refractivity contribution is 6.07. The van der Waals surface area contributed by atoms with Gasteiger partial charge in [-0.05, 0) is 25.1 Å². The number of nitrogens with zero attached hydrogens (tertiary/aromatic N) is 1. The number of ether oxygens (including phenoxy) is 4. The summed E-state index contributed by atoms with van der Waals surface area (Å²) in [5.74, 6) is 1.24. The summed E-state index contributed by atoms with van der Waals surface area (Å²) in [7, 11) is 6.13. The van der Waals surface area contributed by atoms with Crippen molar-refractivity contribution in [2.24, 2.45) is 0 Å². The van der Waals surface area contributed by atoms with Crippen LogP contribution >= 0.6 is 0 Å². The third kappa shape index (κ3) is 3.40. The maximum Gasteiger partial charge on any atom is 0.267 e. The summed E-state index contributed by atoms with van der Waals surface area (Å²) in [6, 6.07) is 8.24. The van der Waals surface area contributed by atoms with Crippen LogP contribution in [0.2, 0.25) is 0 Å². The van der Waals surface area contributed by atoms with E-state index in [4.69, 9.17) is 18.9 Å². The second kappa shape index (κ2) is 7.67. The fraction of sp³-hybridized carbons (Fsp3) is 0.300. The number of carbonyl (C=O) groups excluding carboxylic acids is 2. The minimum atomic E-state index is -0.547. The largest absolute Gasteiger partial charge is 0.496 e. The van der Waals surface area contributed by atoms with Crippen LogP contribution in [0, 0.1) is 0 Å². The van der Waals surface area contributed by atoms with Crippen molar-refractivity contribution in [3.63, 3.8) is 0 Å². The molecule has 2 amide bonds. The fourth-order valence-electron chi connectivity index (χ4n) is 2.99. The normalized spacial score (nSPS) is 15.4. The monoisotopic (exact) mass is 386 g/mol. The quantitative estimate of drug-likeness (QED) is 0.850. The molecule has 0 saturated heterocycles. The first-order chi connectivity index (χ1) is 13.4. The first kappa shape index (κ1) is 19.3. The maximum atomic E-state index is 12.8. The van der Waals surface area contributed by atoms with Crippen LogP contribution in [0.25, 0.3) is 0 Å². The van der Waals surface area contributed by atoms with Crippen molar-refractivity contribution in [2.75, 3.05) is 38.6 Å². The maximum absolute atomic E-state index is 12.8. The zero-order valence-electron chi connectivity index (χ0n) is 16.4. The van der Waals surface area contributed by atoms with Gasteiger partial charge in [0.05, 0.1) is 32.6 Å². The lowest BCUT2D eigenvalue weighted by Gasteiger charge is -2.30. The molecule has 1 aliphatic heterocycles. The van der Waals surface area contributed by atoms with E-state index in [2.05, 4.69) is 5.32 Å². The lowest BCUT2D eigenvalue weighted by molar-refractivity contribution is -0.125. The van der Waals surface area contributed by atoms with Crippen molar-refractivity contribution in [1.29, 1.82) is 0 Å². The number of benzene rings is 2. The standard InChI is InChI=1S/C20H22N2O6/c1-11-20(24)22(2)14-8-12(6-7-15(14)28-11)21-19(23)13-9-17(26-4)18(27-5)10-16(13)25-3/h6-11H,1-5H3,(H,21,23). The number of rotatable bonds is 5. The fourth-order valence-corrected chi connectivity index (χ4v) is 2.99. The molecule has 0 spiro atoms. The molecule has 0 aromatic heterocycles. The second-order valence-corrected chi connectivity index (χ2v) is 6.20. The Morgan fingerprint density at radius 1 is 1.04 bits per heavy atom. The van der Waals surface area contributed by atoms with E-state index in [1.54, 1.807) is 44.3 Å². The van der Waals surface area contributed by atoms with Gasteiger partial charge in [-0.15, -0.1) is 0 Å². The topological polar surface area (TPSA) is 86.3 Å². The summed E-state index contributed by atoms with van der Waals surface area (Å²) in [5, 5.41) is 2.81. The van der Waals surface area contributed by atoms with Crippen LogP contribution in [0.15, 0.2) is 30.3 Å². The molecule has 1 aliphatic rings. The van der Waals surface area contributed by atoms with E-state index in [0.717, 1.165) is 0 Å². The van der Waals surface area contributed by atoms with Gasteiger partial charge in [0, 0.05) is 24.9 Å². The Hall–Kier alpha value is -3.42. The second-order valence-electron chi connectivity index (χ2n) is 6.20. The molecule has 28 heavy (non-hydrogen) atoms. The van der Waals surface area contributed by atoms with Crippen LogP contribution < -0.4 is 29.2 Å². The molecule has 0 saturated carbocycles. The van der Waals surface area contributed by atoms with E-state index in [1.807, 2.05) is 0 Å². The molecule has 2 aromatic carbocycles. The third-order valence-electron chi connectivity index (χ3n) is 4.51. The van der Waals surface area contributed by atoms with Gasteiger partial charge in [0.1, 0.15) is 11.5 Å². The van der Waals surface area contributed by atoms with Gasteiger partial charge in [-0.1, -0.05) is 0 Å². The average Bonchev–Trinajstić information content (AvgIpc) is 2.71. The number of carbonyl (C=O) groups is 2. The van der Waals surface area contributed by atoms with Crippen LogP contribution in [0.1, 0.15) is 17.3 Å². The number of hydrogen-bond acceptors (Lipinski definition) is 6. The van der Waals surface area contributed by atoms with E-state index >= 15 is 0 Å². The van der Waals surface area contributed by atoms with Gasteiger partial charge < -0.3 is 29.2 Å². The van der Waals surface area contributed by atoms with Crippen LogP contribution in [-0.4, -0.2) is 46.3 Å². The van der Waals surface area contributed by atoms with E-state index < -0.39 is 12.0 Å². The van der Waals surface area contributed by atoms with Crippen molar-refractivity contribution >= 4 is 23.2 Å². The number of fused-ring (bicyclic) bond motifs is 1. The lowest BCUT2D eigenvalue weighted by Crippen LogP contribution is -2.41. The summed E-state index contributed by atoms with van der Waals surface area (Å²) in [6.07, 6.45) is -0.547. The van der Waals surface area contributed by atoms with Crippen LogP contribution in [0.3, 0.4) is 0 Å². The Morgan fingerprint density at radius 2 is 1.68 bits per heavy atom. The molecule has 0 bridgehead atoms. The molecule has 2 aromatic rings. The van der Waals surface area contributed by atoms with E-state index in [-0.39, 0.29) is 11.5 Å². The molecule has 8 heteroatoms. The summed E-state index contributed by atoms with van der Waals surface area (Å²) in [4.78, 5) is 26.5. The van der Waals surface area contributed by atoms with Crippen molar-refractivity contribution in [3.8, 4) is 23.0 Å². The Bertz CT molecular complexity index is 927. The molecule has 148 valence electrons. The molecule has 8 nitrogen and oxygen atoms in total. The minimum Gasteiger partial charge on any atom is -0.496 e. The molecule has 1 unspecified atom stereocenters. The SMILES string of the molecule is COc1cc(OC)c(C(=O)Nc2ccc3c(c2)N(C)C(=O)C(C)O3)cc1OC. The highest BCUT2D eigenvalue weighted by Crippen LogP contribution is 2.37. The van der Waals surface area contributed by atoms with Gasteiger partial charge >= 0.3 is 0 Å². The molecular weight excluding hydrogens is 364 g/mol. The molecule has 1 atom stereocenters. The molecule has 1 N–H and O–H groups in total. The number of nitrogens with one attached hydrogen (secondary N) is 1. The van der Waals surface area contributed by atoms with E-state index in [0.29, 0.717) is 34.4 Å². The summed E-state index contributed by atoms with van der Waals surface area (Å²) in [5.41, 5.74) is 1.38. The van der Waals surface area contributed by atoms with Crippen molar-refractivity contribution in [3.05, 3.63) is 35.9 Å². The zero-order valence-corrected chi connectivity index (χ0v) is 16.4. The van der Waals surface area contributed by atoms with Gasteiger partial charge in [-0.25, -0.2) is 0 Å². The lowest BCUT2D eigenvalue weighted by atomic mass is 10.1. The molecule has 3 rings (SSSR count). The van der Waals surface area contributed by atoms with Crippen LogP contribution in [0.5, 0.6) is 23.0 Å². The highest BCUT2D eigenvalue weighted by Gasteiger charge is 2.29. The van der Waals surface area contributed by atoms with Gasteiger partial charge in [0.2, 0.25) is 0 Å². The van der Waals surface area contributed by atoms with Crippen molar-refractivity contribution in [1.82, 2.24) is 0 Å². The van der Waals surface area contributed by atoms with Crippen LogP contribution in [-0.2, 0) is 4.79 Å². The van der Waals surface area contributed by atoms with Gasteiger partial charge in [0.15, 0.2) is 17.6 Å². The Kier molecular flexibility index (Phi) is 5.30. The molecular formula is C20H22N2O6. The molecule has 0 fully saturated rings. The molecule has 0 aliphatic carbocycles. The Morgan fingerprint density at radius 3 is 2.32 bits per heavy atom. The van der Waals surface area contributed by atoms with E-state index in [9.17, 15) is 9.59 Å². The Balaban J connectivity index is 1.91. The first-order valence-electron chi connectivity index (χ1n) is 8.59. The zero-order chi connectivity index (χ0) is 20.4. The summed E-state index contributed by atoms with van der Waals surface area (Å²) >= 11 is 0. The number of hydrogen-bond donors (Lipinski definition) is 1. The highest BCUT2D eigenvalue weighted by atomic mass is 16.5. The third-order valence-corrected chi connectivity index (χ3v) is 4.51. The van der Waals surface area contributed by atoms with Gasteiger partial charge in [-0.2, -0.15) is 0 Å². The number of amides is 2. The first-order valence-corrected chi connectivity index (χ1v) is 8.59. The average molecular weight is 386 g/mol. The number of anilines is 2. The Labute approximate surface area is 162 Å². The summed E-state index contributed by atoms with van der Waals surface area (Å²) in [6.45, 7) is 1.70. The summed E-state index contributed by atoms with van der Waals surface area (Å²) < 4.78 is 21.4. The molecule has 1 heterocycles. The number of methoxy groups -OCH3 is 3. The molecule has 0 radical (unpaired) electrons. The predicted molar refractivity (Wildman–Crippen MR) is 104 cm³/mol. The van der Waals surface area contributed by atoms with Gasteiger partial charge in [0.25, 0.3) is 11.8 Å². The van der Waals surface area contributed by atoms with Crippen molar-refractivity contribution < 1.29 is 28.5 Å². The van der Waals surface area contributed by atoms with Gasteiger partial charge in [-0.3, -0.25) is 9.59 Å². The predicted octanol–water partition coefficient (Wildman–Crippen LogP) is 2.71.